The van der Waals surface area contributed by atoms with Crippen molar-refractivity contribution in [3.63, 3.8) is 0 Å². The number of carbonyl (C=O) groups is 3. The second-order valence-corrected chi connectivity index (χ2v) is 7.06. The zero-order valence-electron chi connectivity index (χ0n) is 14.4. The molecule has 136 valence electrons. The van der Waals surface area contributed by atoms with Crippen molar-refractivity contribution in [3.05, 3.63) is 39.9 Å². The van der Waals surface area contributed by atoms with Crippen molar-refractivity contribution in [3.8, 4) is 0 Å². The highest BCUT2D eigenvalue weighted by Crippen LogP contribution is 2.25. The van der Waals surface area contributed by atoms with Crippen LogP contribution in [0.4, 0.5) is 4.79 Å². The largest absolute Gasteiger partial charge is 0.449 e. The highest BCUT2D eigenvalue weighted by atomic mass is 35.5. The van der Waals surface area contributed by atoms with E-state index >= 15 is 0 Å². The zero-order chi connectivity index (χ0) is 19.2. The monoisotopic (exact) mass is 386 g/mol. The highest BCUT2D eigenvalue weighted by Gasteiger charge is 2.21. The van der Waals surface area contributed by atoms with Crippen LogP contribution in [0.25, 0.3) is 6.08 Å². The van der Waals surface area contributed by atoms with E-state index in [1.54, 1.807) is 39.0 Å². The van der Waals surface area contributed by atoms with Crippen LogP contribution in [0.2, 0.25) is 10.0 Å². The lowest BCUT2D eigenvalue weighted by molar-refractivity contribution is -0.149. The van der Waals surface area contributed by atoms with Gasteiger partial charge in [-0.05, 0) is 45.9 Å². The van der Waals surface area contributed by atoms with Gasteiger partial charge < -0.3 is 10.1 Å². The SMILES string of the molecule is C[C@H](OC(=O)/C=C/c1c(Cl)cccc1Cl)C(=O)NC(=O)NC(C)(C)C. The van der Waals surface area contributed by atoms with Crippen LogP contribution in [-0.4, -0.2) is 29.6 Å². The quantitative estimate of drug-likeness (QED) is 0.611. The molecule has 0 aliphatic carbocycles. The number of halogens is 2. The van der Waals surface area contributed by atoms with Crippen molar-refractivity contribution >= 4 is 47.2 Å². The lowest BCUT2D eigenvalue weighted by Gasteiger charge is -2.21. The van der Waals surface area contributed by atoms with E-state index in [0.29, 0.717) is 15.6 Å². The third-order valence-corrected chi connectivity index (χ3v) is 3.43. The molecule has 0 bridgehead atoms. The van der Waals surface area contributed by atoms with Crippen molar-refractivity contribution in [2.24, 2.45) is 0 Å². The molecule has 1 aromatic carbocycles. The molecule has 0 saturated carbocycles. The van der Waals surface area contributed by atoms with E-state index in [0.717, 1.165) is 6.08 Å². The summed E-state index contributed by atoms with van der Waals surface area (Å²) in [6.45, 7) is 6.66. The fourth-order valence-electron chi connectivity index (χ4n) is 1.67. The van der Waals surface area contributed by atoms with Crippen LogP contribution in [0.5, 0.6) is 0 Å². The number of rotatable bonds is 4. The Bertz CT molecular complexity index is 676. The summed E-state index contributed by atoms with van der Waals surface area (Å²) in [5.74, 6) is -1.51. The maximum Gasteiger partial charge on any atom is 0.331 e. The van der Waals surface area contributed by atoms with Gasteiger partial charge in [0.25, 0.3) is 5.91 Å². The van der Waals surface area contributed by atoms with Gasteiger partial charge >= 0.3 is 12.0 Å². The first kappa shape index (κ1) is 21.0. The van der Waals surface area contributed by atoms with Gasteiger partial charge in [0, 0.05) is 27.2 Å². The minimum Gasteiger partial charge on any atom is -0.449 e. The summed E-state index contributed by atoms with van der Waals surface area (Å²) in [7, 11) is 0. The van der Waals surface area contributed by atoms with Crippen LogP contribution >= 0.6 is 23.2 Å². The molecule has 0 aromatic heterocycles. The first-order chi connectivity index (χ1) is 11.5. The molecule has 25 heavy (non-hydrogen) atoms. The molecule has 3 amide bonds. The van der Waals surface area contributed by atoms with E-state index in [1.165, 1.54) is 13.0 Å². The Morgan fingerprint density at radius 1 is 1.16 bits per heavy atom. The van der Waals surface area contributed by atoms with Gasteiger partial charge in [0.15, 0.2) is 6.10 Å². The molecular formula is C17H20Cl2N2O4. The smallest absolute Gasteiger partial charge is 0.331 e. The molecule has 0 aliphatic heterocycles. The lowest BCUT2D eigenvalue weighted by atomic mass is 10.1. The van der Waals surface area contributed by atoms with Crippen LogP contribution < -0.4 is 10.6 Å². The zero-order valence-corrected chi connectivity index (χ0v) is 15.9. The third kappa shape index (κ3) is 7.58. The van der Waals surface area contributed by atoms with E-state index in [9.17, 15) is 14.4 Å². The van der Waals surface area contributed by atoms with Crippen LogP contribution in [-0.2, 0) is 14.3 Å². The molecular weight excluding hydrogens is 367 g/mol. The molecule has 6 nitrogen and oxygen atoms in total. The molecule has 2 N–H and O–H groups in total. The molecule has 0 saturated heterocycles. The Hall–Kier alpha value is -2.05. The van der Waals surface area contributed by atoms with Crippen LogP contribution in [0, 0.1) is 0 Å². The number of ether oxygens (including phenoxy) is 1. The minimum absolute atomic E-state index is 0.376. The van der Waals surface area contributed by atoms with Gasteiger partial charge in [-0.15, -0.1) is 0 Å². The first-order valence-corrected chi connectivity index (χ1v) is 8.21. The molecule has 1 aromatic rings. The number of imide groups is 1. The van der Waals surface area contributed by atoms with Gasteiger partial charge in [-0.3, -0.25) is 10.1 Å². The van der Waals surface area contributed by atoms with Gasteiger partial charge in [-0.2, -0.15) is 0 Å². The number of nitrogens with one attached hydrogen (secondary N) is 2. The Morgan fingerprint density at radius 3 is 2.24 bits per heavy atom. The predicted molar refractivity (Wildman–Crippen MR) is 97.5 cm³/mol. The number of benzene rings is 1. The van der Waals surface area contributed by atoms with E-state index in [4.69, 9.17) is 27.9 Å². The maximum absolute atomic E-state index is 11.8. The van der Waals surface area contributed by atoms with E-state index in [-0.39, 0.29) is 0 Å². The van der Waals surface area contributed by atoms with E-state index in [2.05, 4.69) is 10.6 Å². The predicted octanol–water partition coefficient (Wildman–Crippen LogP) is 3.56. The van der Waals surface area contributed by atoms with Crippen LogP contribution in [0.1, 0.15) is 33.3 Å². The molecule has 0 radical (unpaired) electrons. The van der Waals surface area contributed by atoms with E-state index < -0.39 is 29.6 Å². The van der Waals surface area contributed by atoms with Crippen molar-refractivity contribution in [1.82, 2.24) is 10.6 Å². The topological polar surface area (TPSA) is 84.5 Å². The van der Waals surface area contributed by atoms with Crippen molar-refractivity contribution in [1.29, 1.82) is 0 Å². The molecule has 0 unspecified atom stereocenters. The fourth-order valence-corrected chi connectivity index (χ4v) is 2.20. The highest BCUT2D eigenvalue weighted by molar-refractivity contribution is 6.37. The van der Waals surface area contributed by atoms with Crippen molar-refractivity contribution in [2.75, 3.05) is 0 Å². The summed E-state index contributed by atoms with van der Waals surface area (Å²) in [5, 5.41) is 5.42. The fraction of sp³-hybridized carbons (Fsp3) is 0.353. The van der Waals surface area contributed by atoms with Gasteiger partial charge in [0.1, 0.15) is 0 Å². The normalized spacial score (nSPS) is 12.6. The molecule has 1 atom stereocenters. The Kier molecular flexibility index (Phi) is 7.45. The average Bonchev–Trinajstić information content (AvgIpc) is 2.44. The number of hydrogen-bond donors (Lipinski definition) is 2. The lowest BCUT2D eigenvalue weighted by Crippen LogP contribution is -2.50. The molecule has 0 fully saturated rings. The number of hydrogen-bond acceptors (Lipinski definition) is 4. The van der Waals surface area contributed by atoms with Gasteiger partial charge in [-0.25, -0.2) is 9.59 Å². The maximum atomic E-state index is 11.8. The Morgan fingerprint density at radius 2 is 1.72 bits per heavy atom. The second-order valence-electron chi connectivity index (χ2n) is 6.24. The van der Waals surface area contributed by atoms with Crippen LogP contribution in [0.15, 0.2) is 24.3 Å². The summed E-state index contributed by atoms with van der Waals surface area (Å²) in [6.07, 6.45) is 1.35. The van der Waals surface area contributed by atoms with Gasteiger partial charge in [0.2, 0.25) is 0 Å². The summed E-state index contributed by atoms with van der Waals surface area (Å²) >= 11 is 12.0. The molecule has 8 heteroatoms. The summed E-state index contributed by atoms with van der Waals surface area (Å²) in [5.41, 5.74) is -0.0363. The van der Waals surface area contributed by atoms with Gasteiger partial charge in [-0.1, -0.05) is 29.3 Å². The molecule has 0 heterocycles. The van der Waals surface area contributed by atoms with Gasteiger partial charge in [0.05, 0.1) is 0 Å². The summed E-state index contributed by atoms with van der Waals surface area (Å²) in [6, 6.07) is 4.26. The van der Waals surface area contributed by atoms with Crippen molar-refractivity contribution in [2.45, 2.75) is 39.3 Å². The van der Waals surface area contributed by atoms with Crippen molar-refractivity contribution < 1.29 is 19.1 Å². The summed E-state index contributed by atoms with van der Waals surface area (Å²) in [4.78, 5) is 35.3. The number of esters is 1. The van der Waals surface area contributed by atoms with E-state index in [1.807, 2.05) is 0 Å². The number of amides is 3. The molecule has 1 rings (SSSR count). The third-order valence-electron chi connectivity index (χ3n) is 2.77. The molecule has 0 spiro atoms. The Balaban J connectivity index is 2.60. The summed E-state index contributed by atoms with van der Waals surface area (Å²) < 4.78 is 4.94. The van der Waals surface area contributed by atoms with Crippen LogP contribution in [0.3, 0.4) is 0 Å². The first-order valence-electron chi connectivity index (χ1n) is 7.45. The number of carbonyl (C=O) groups excluding carboxylic acids is 3. The number of urea groups is 1. The molecule has 0 aliphatic rings. The Labute approximate surface area is 156 Å². The standard InChI is InChI=1S/C17H20Cl2N2O4/c1-10(15(23)20-16(24)21-17(2,3)4)25-14(22)9-8-11-12(18)6-5-7-13(11)19/h5-10H,1-4H3,(H2,20,21,23,24)/b9-8+/t10-/m0/s1. The minimum atomic E-state index is -1.15. The second kappa shape index (κ2) is 8.87. The average molecular weight is 387 g/mol.